The van der Waals surface area contributed by atoms with Gasteiger partial charge in [0.2, 0.25) is 5.91 Å². The van der Waals surface area contributed by atoms with Crippen molar-refractivity contribution in [3.05, 3.63) is 24.3 Å². The van der Waals surface area contributed by atoms with Crippen molar-refractivity contribution in [1.82, 2.24) is 10.6 Å². The van der Waals surface area contributed by atoms with E-state index in [9.17, 15) is 4.79 Å². The summed E-state index contributed by atoms with van der Waals surface area (Å²) in [4.78, 5) is 11.5. The van der Waals surface area contributed by atoms with E-state index in [1.54, 1.807) is 6.08 Å². The van der Waals surface area contributed by atoms with Gasteiger partial charge in [0.15, 0.2) is 0 Å². The first-order valence-corrected chi connectivity index (χ1v) is 6.17. The van der Waals surface area contributed by atoms with Crippen LogP contribution in [0.1, 0.15) is 19.3 Å². The van der Waals surface area contributed by atoms with E-state index in [1.807, 2.05) is 0 Å². The van der Waals surface area contributed by atoms with Crippen LogP contribution in [0.4, 0.5) is 0 Å². The number of hydrogen-bond acceptors (Lipinski definition) is 3. The topological polar surface area (TPSA) is 50.4 Å². The molecule has 0 bridgehead atoms. The zero-order chi connectivity index (χ0) is 12.3. The maximum Gasteiger partial charge on any atom is 0.220 e. The molecule has 1 amide bonds. The van der Waals surface area contributed by atoms with Crippen LogP contribution in [0.15, 0.2) is 24.3 Å². The fraction of sp³-hybridized carbons (Fsp3) is 0.615. The maximum absolute atomic E-state index is 11.5. The summed E-state index contributed by atoms with van der Waals surface area (Å²) < 4.78 is 5.21. The summed E-state index contributed by atoms with van der Waals surface area (Å²) in [6, 6.07) is 0. The summed E-state index contributed by atoms with van der Waals surface area (Å²) in [5.41, 5.74) is 1.32. The van der Waals surface area contributed by atoms with Gasteiger partial charge in [-0.05, 0) is 19.4 Å². The van der Waals surface area contributed by atoms with Crippen LogP contribution in [0.2, 0.25) is 0 Å². The highest BCUT2D eigenvalue weighted by molar-refractivity contribution is 5.85. The highest BCUT2D eigenvalue weighted by Gasteiger charge is 2.05. The first kappa shape index (κ1) is 17.2. The lowest BCUT2D eigenvalue weighted by atomic mass is 10.1. The lowest BCUT2D eigenvalue weighted by molar-refractivity contribution is -0.121. The predicted octanol–water partition coefficient (Wildman–Crippen LogP) is 1.43. The standard InChI is InChI=1S/C13H22N2O2.ClH/c1-2-9-17-10-3-4-13(16)15-11-12-5-7-14-8-6-12;/h2,5,14H,1,3-4,6-11H2,(H,15,16);1H. The molecule has 1 aliphatic heterocycles. The molecule has 0 aliphatic carbocycles. The number of carbonyl (C=O) groups is 1. The van der Waals surface area contributed by atoms with Crippen molar-refractivity contribution >= 4 is 18.3 Å². The molecule has 2 N–H and O–H groups in total. The van der Waals surface area contributed by atoms with Crippen molar-refractivity contribution in [1.29, 1.82) is 0 Å². The minimum atomic E-state index is 0. The zero-order valence-corrected chi connectivity index (χ0v) is 11.6. The Bertz CT molecular complexity index is 280. The third-order valence-electron chi connectivity index (χ3n) is 2.60. The van der Waals surface area contributed by atoms with Crippen molar-refractivity contribution in [3.8, 4) is 0 Å². The van der Waals surface area contributed by atoms with Crippen LogP contribution in [-0.4, -0.2) is 38.8 Å². The van der Waals surface area contributed by atoms with E-state index < -0.39 is 0 Å². The van der Waals surface area contributed by atoms with Crippen molar-refractivity contribution in [3.63, 3.8) is 0 Å². The number of nitrogens with one attached hydrogen (secondary N) is 2. The third-order valence-corrected chi connectivity index (χ3v) is 2.60. The summed E-state index contributed by atoms with van der Waals surface area (Å²) in [6.45, 7) is 7.35. The monoisotopic (exact) mass is 274 g/mol. The Labute approximate surface area is 115 Å². The maximum atomic E-state index is 11.5. The summed E-state index contributed by atoms with van der Waals surface area (Å²) in [6.07, 6.45) is 6.19. The molecule has 0 unspecified atom stereocenters. The van der Waals surface area contributed by atoms with Gasteiger partial charge < -0.3 is 15.4 Å². The van der Waals surface area contributed by atoms with Gasteiger partial charge in [0.1, 0.15) is 0 Å². The van der Waals surface area contributed by atoms with E-state index in [-0.39, 0.29) is 18.3 Å². The Morgan fingerprint density at radius 3 is 3.11 bits per heavy atom. The summed E-state index contributed by atoms with van der Waals surface area (Å²) in [7, 11) is 0. The smallest absolute Gasteiger partial charge is 0.220 e. The van der Waals surface area contributed by atoms with E-state index in [1.165, 1.54) is 5.57 Å². The molecule has 1 rings (SSSR count). The molecule has 0 aromatic carbocycles. The van der Waals surface area contributed by atoms with Gasteiger partial charge in [0.25, 0.3) is 0 Å². The Kier molecular flexibility index (Phi) is 10.7. The SMILES string of the molecule is C=CCOCCCC(=O)NCC1=CCNCC1.Cl. The second kappa shape index (κ2) is 11.3. The molecule has 0 aromatic rings. The summed E-state index contributed by atoms with van der Waals surface area (Å²) >= 11 is 0. The third kappa shape index (κ3) is 8.28. The number of amides is 1. The molecule has 0 aromatic heterocycles. The largest absolute Gasteiger partial charge is 0.377 e. The van der Waals surface area contributed by atoms with Crippen LogP contribution in [0.25, 0.3) is 0 Å². The summed E-state index contributed by atoms with van der Waals surface area (Å²) in [5, 5.41) is 6.18. The van der Waals surface area contributed by atoms with Gasteiger partial charge in [-0.2, -0.15) is 0 Å². The van der Waals surface area contributed by atoms with Gasteiger partial charge in [0.05, 0.1) is 6.61 Å². The molecule has 1 aliphatic rings. The quantitative estimate of drug-likeness (QED) is 0.520. The molecule has 0 fully saturated rings. The number of carbonyl (C=O) groups excluding carboxylic acids is 1. The Hall–Kier alpha value is -0.840. The van der Waals surface area contributed by atoms with Crippen LogP contribution >= 0.6 is 12.4 Å². The van der Waals surface area contributed by atoms with E-state index in [4.69, 9.17) is 4.74 Å². The average Bonchev–Trinajstić information content (AvgIpc) is 2.37. The van der Waals surface area contributed by atoms with Gasteiger partial charge in [-0.15, -0.1) is 19.0 Å². The van der Waals surface area contributed by atoms with Crippen molar-refractivity contribution in [2.75, 3.05) is 32.8 Å². The Balaban J connectivity index is 0.00000289. The predicted molar refractivity (Wildman–Crippen MR) is 76.1 cm³/mol. The van der Waals surface area contributed by atoms with E-state index in [0.717, 1.165) is 25.9 Å². The molecule has 0 atom stereocenters. The lowest BCUT2D eigenvalue weighted by Crippen LogP contribution is -2.29. The minimum Gasteiger partial charge on any atom is -0.377 e. The van der Waals surface area contributed by atoms with Crippen LogP contribution in [-0.2, 0) is 9.53 Å². The van der Waals surface area contributed by atoms with Crippen molar-refractivity contribution < 1.29 is 9.53 Å². The van der Waals surface area contributed by atoms with Crippen molar-refractivity contribution in [2.24, 2.45) is 0 Å². The highest BCUT2D eigenvalue weighted by atomic mass is 35.5. The number of halogens is 1. The molecule has 1 heterocycles. The van der Waals surface area contributed by atoms with Gasteiger partial charge in [-0.1, -0.05) is 17.7 Å². The zero-order valence-electron chi connectivity index (χ0n) is 10.7. The molecular formula is C13H23ClN2O2. The summed E-state index contributed by atoms with van der Waals surface area (Å²) in [5.74, 6) is 0.103. The van der Waals surface area contributed by atoms with Crippen LogP contribution in [0, 0.1) is 0 Å². The molecule has 104 valence electrons. The van der Waals surface area contributed by atoms with Crippen LogP contribution in [0.5, 0.6) is 0 Å². The van der Waals surface area contributed by atoms with Crippen LogP contribution < -0.4 is 10.6 Å². The normalized spacial score (nSPS) is 14.3. The van der Waals surface area contributed by atoms with E-state index >= 15 is 0 Å². The first-order chi connectivity index (χ1) is 8.33. The number of hydrogen-bond donors (Lipinski definition) is 2. The molecule has 0 saturated heterocycles. The second-order valence-corrected chi connectivity index (χ2v) is 4.06. The molecule has 0 saturated carbocycles. The molecule has 4 nitrogen and oxygen atoms in total. The van der Waals surface area contributed by atoms with Gasteiger partial charge in [-0.3, -0.25) is 4.79 Å². The fourth-order valence-corrected chi connectivity index (χ4v) is 1.63. The number of rotatable bonds is 8. The van der Waals surface area contributed by atoms with Crippen LogP contribution in [0.3, 0.4) is 0 Å². The molecule has 18 heavy (non-hydrogen) atoms. The Morgan fingerprint density at radius 1 is 1.61 bits per heavy atom. The van der Waals surface area contributed by atoms with E-state index in [0.29, 0.717) is 26.2 Å². The molecule has 0 radical (unpaired) electrons. The first-order valence-electron chi connectivity index (χ1n) is 6.17. The fourth-order valence-electron chi connectivity index (χ4n) is 1.63. The highest BCUT2D eigenvalue weighted by Crippen LogP contribution is 2.02. The minimum absolute atomic E-state index is 0. The van der Waals surface area contributed by atoms with Crippen molar-refractivity contribution in [2.45, 2.75) is 19.3 Å². The van der Waals surface area contributed by atoms with Gasteiger partial charge >= 0.3 is 0 Å². The Morgan fingerprint density at radius 2 is 2.44 bits per heavy atom. The molecule has 0 spiro atoms. The molecular weight excluding hydrogens is 252 g/mol. The average molecular weight is 275 g/mol. The molecule has 5 heteroatoms. The lowest BCUT2D eigenvalue weighted by Gasteiger charge is -2.14. The van der Waals surface area contributed by atoms with Gasteiger partial charge in [-0.25, -0.2) is 0 Å². The number of ether oxygens (including phenoxy) is 1. The van der Waals surface area contributed by atoms with Gasteiger partial charge in [0, 0.05) is 26.1 Å². The van der Waals surface area contributed by atoms with E-state index in [2.05, 4.69) is 23.3 Å². The second-order valence-electron chi connectivity index (χ2n) is 4.06.